The van der Waals surface area contributed by atoms with Crippen molar-refractivity contribution in [3.8, 4) is 0 Å². The molecule has 0 spiro atoms. The molecule has 5 nitrogen and oxygen atoms in total. The lowest BCUT2D eigenvalue weighted by molar-refractivity contribution is -0.121. The largest absolute Gasteiger partial charge is 0.344 e. The molecule has 0 radical (unpaired) electrons. The summed E-state index contributed by atoms with van der Waals surface area (Å²) in [7, 11) is 0. The van der Waals surface area contributed by atoms with Crippen molar-refractivity contribution in [3.05, 3.63) is 69.0 Å². The van der Waals surface area contributed by atoms with Crippen molar-refractivity contribution in [3.63, 3.8) is 0 Å². The molecule has 4 rings (SSSR count). The van der Waals surface area contributed by atoms with Crippen molar-refractivity contribution in [2.24, 2.45) is 0 Å². The standard InChI is InChI=1S/C23H27N3O2S/c1-2-20-24-22(28-26-20)11-5-10-21(27)25-23(19-9-6-14-29-19)18-13-12-16-7-3-4-8-17(16)15-18/h6,9,12-15,23H,2-5,7-8,10-11H2,1H3,(H,25,27). The van der Waals surface area contributed by atoms with Crippen LogP contribution in [-0.2, 0) is 30.5 Å². The Balaban J connectivity index is 1.41. The number of fused-ring (bicyclic) bond motifs is 1. The normalized spacial score (nSPS) is 14.4. The molecule has 3 aromatic rings. The van der Waals surface area contributed by atoms with Gasteiger partial charge in [0.25, 0.3) is 0 Å². The van der Waals surface area contributed by atoms with E-state index in [1.54, 1.807) is 11.3 Å². The van der Waals surface area contributed by atoms with Gasteiger partial charge in [-0.25, -0.2) is 0 Å². The fraction of sp³-hybridized carbons (Fsp3) is 0.435. The number of rotatable bonds is 8. The van der Waals surface area contributed by atoms with Crippen LogP contribution in [-0.4, -0.2) is 16.0 Å². The van der Waals surface area contributed by atoms with Gasteiger partial charge in [0.05, 0.1) is 6.04 Å². The first kappa shape index (κ1) is 19.8. The highest BCUT2D eigenvalue weighted by Crippen LogP contribution is 2.30. The predicted molar refractivity (Wildman–Crippen MR) is 114 cm³/mol. The molecule has 0 bridgehead atoms. The number of nitrogens with one attached hydrogen (secondary N) is 1. The monoisotopic (exact) mass is 409 g/mol. The van der Waals surface area contributed by atoms with Crippen LogP contribution in [0.4, 0.5) is 0 Å². The maximum atomic E-state index is 12.7. The quantitative estimate of drug-likeness (QED) is 0.580. The van der Waals surface area contributed by atoms with Crippen molar-refractivity contribution in [2.45, 2.75) is 64.3 Å². The molecule has 2 heterocycles. The number of carbonyl (C=O) groups is 1. The van der Waals surface area contributed by atoms with Gasteiger partial charge in [0, 0.05) is 24.1 Å². The topological polar surface area (TPSA) is 68.0 Å². The molecule has 0 saturated heterocycles. The summed E-state index contributed by atoms with van der Waals surface area (Å²) in [5.74, 6) is 1.38. The number of hydrogen-bond acceptors (Lipinski definition) is 5. The molecule has 1 aliphatic rings. The van der Waals surface area contributed by atoms with Crippen LogP contribution in [0.1, 0.15) is 71.9 Å². The predicted octanol–water partition coefficient (Wildman–Crippen LogP) is 4.80. The smallest absolute Gasteiger partial charge is 0.226 e. The molecule has 1 N–H and O–H groups in total. The number of amides is 1. The van der Waals surface area contributed by atoms with Crippen molar-refractivity contribution in [1.29, 1.82) is 0 Å². The Bertz CT molecular complexity index is 949. The minimum Gasteiger partial charge on any atom is -0.344 e. The summed E-state index contributed by atoms with van der Waals surface area (Å²) in [6.07, 6.45) is 7.35. The Morgan fingerprint density at radius 3 is 2.86 bits per heavy atom. The third-order valence-electron chi connectivity index (χ3n) is 5.46. The van der Waals surface area contributed by atoms with Crippen LogP contribution < -0.4 is 5.32 Å². The summed E-state index contributed by atoms with van der Waals surface area (Å²) in [5, 5.41) is 9.22. The number of aryl methyl sites for hydroxylation is 4. The van der Waals surface area contributed by atoms with Crippen LogP contribution in [0.3, 0.4) is 0 Å². The van der Waals surface area contributed by atoms with Gasteiger partial charge in [-0.1, -0.05) is 36.3 Å². The molecule has 1 aliphatic carbocycles. The van der Waals surface area contributed by atoms with Gasteiger partial charge < -0.3 is 9.84 Å². The van der Waals surface area contributed by atoms with Gasteiger partial charge in [0.15, 0.2) is 5.82 Å². The first-order valence-corrected chi connectivity index (χ1v) is 11.4. The van der Waals surface area contributed by atoms with Gasteiger partial charge in [0.1, 0.15) is 0 Å². The number of nitrogens with zero attached hydrogens (tertiary/aromatic N) is 2. The lowest BCUT2D eigenvalue weighted by atomic mass is 9.89. The second-order valence-corrected chi connectivity index (χ2v) is 8.54. The van der Waals surface area contributed by atoms with E-state index in [2.05, 4.69) is 45.1 Å². The molecular formula is C23H27N3O2S. The van der Waals surface area contributed by atoms with Gasteiger partial charge in [0.2, 0.25) is 11.8 Å². The fourth-order valence-corrected chi connectivity index (χ4v) is 4.68. The Morgan fingerprint density at radius 2 is 2.10 bits per heavy atom. The molecule has 1 unspecified atom stereocenters. The van der Waals surface area contributed by atoms with Gasteiger partial charge in [-0.2, -0.15) is 4.98 Å². The van der Waals surface area contributed by atoms with Gasteiger partial charge in [-0.05, 0) is 60.2 Å². The number of hydrogen-bond donors (Lipinski definition) is 1. The number of thiophene rings is 1. The third kappa shape index (κ3) is 4.93. The Morgan fingerprint density at radius 1 is 1.24 bits per heavy atom. The molecule has 0 fully saturated rings. The van der Waals surface area contributed by atoms with E-state index < -0.39 is 0 Å². The molecule has 152 valence electrons. The first-order valence-electron chi connectivity index (χ1n) is 10.5. The summed E-state index contributed by atoms with van der Waals surface area (Å²) in [5.41, 5.74) is 4.07. The van der Waals surface area contributed by atoms with Gasteiger partial charge >= 0.3 is 0 Å². The number of aromatic nitrogens is 2. The minimum absolute atomic E-state index is 0.0522. The zero-order valence-corrected chi connectivity index (χ0v) is 17.6. The molecule has 1 aromatic carbocycles. The van der Waals surface area contributed by atoms with E-state index in [4.69, 9.17) is 4.52 Å². The van der Waals surface area contributed by atoms with Gasteiger partial charge in [-0.15, -0.1) is 11.3 Å². The summed E-state index contributed by atoms with van der Waals surface area (Å²) in [4.78, 5) is 18.2. The molecule has 0 aliphatic heterocycles. The van der Waals surface area contributed by atoms with E-state index in [0.29, 0.717) is 25.2 Å². The Labute approximate surface area is 175 Å². The third-order valence-corrected chi connectivity index (χ3v) is 6.40. The van der Waals surface area contributed by atoms with Crippen LogP contribution in [0.15, 0.2) is 40.2 Å². The van der Waals surface area contributed by atoms with E-state index in [1.165, 1.54) is 40.8 Å². The zero-order valence-electron chi connectivity index (χ0n) is 16.8. The molecular weight excluding hydrogens is 382 g/mol. The first-order chi connectivity index (χ1) is 14.2. The van der Waals surface area contributed by atoms with E-state index in [9.17, 15) is 4.79 Å². The summed E-state index contributed by atoms with van der Waals surface area (Å²) < 4.78 is 5.21. The molecule has 6 heteroatoms. The molecule has 1 atom stereocenters. The van der Waals surface area contributed by atoms with E-state index in [0.717, 1.165) is 18.7 Å². The highest BCUT2D eigenvalue weighted by molar-refractivity contribution is 7.10. The van der Waals surface area contributed by atoms with Crippen molar-refractivity contribution >= 4 is 17.2 Å². The maximum Gasteiger partial charge on any atom is 0.226 e. The lowest BCUT2D eigenvalue weighted by Crippen LogP contribution is -2.29. The van der Waals surface area contributed by atoms with Crippen molar-refractivity contribution in [1.82, 2.24) is 15.5 Å². The number of benzene rings is 1. The molecule has 2 aromatic heterocycles. The zero-order chi connectivity index (χ0) is 20.1. The fourth-order valence-electron chi connectivity index (χ4n) is 3.88. The highest BCUT2D eigenvalue weighted by Gasteiger charge is 2.20. The van der Waals surface area contributed by atoms with Crippen molar-refractivity contribution < 1.29 is 9.32 Å². The molecule has 0 saturated carbocycles. The Kier molecular flexibility index (Phi) is 6.39. The van der Waals surface area contributed by atoms with Crippen LogP contribution in [0.2, 0.25) is 0 Å². The highest BCUT2D eigenvalue weighted by atomic mass is 32.1. The Hall–Kier alpha value is -2.47. The summed E-state index contributed by atoms with van der Waals surface area (Å²) >= 11 is 1.68. The minimum atomic E-state index is -0.0928. The van der Waals surface area contributed by atoms with Crippen LogP contribution in [0.5, 0.6) is 0 Å². The van der Waals surface area contributed by atoms with E-state index >= 15 is 0 Å². The van der Waals surface area contributed by atoms with Crippen LogP contribution in [0, 0.1) is 0 Å². The van der Waals surface area contributed by atoms with E-state index in [-0.39, 0.29) is 11.9 Å². The van der Waals surface area contributed by atoms with Crippen LogP contribution >= 0.6 is 11.3 Å². The lowest BCUT2D eigenvalue weighted by Gasteiger charge is -2.22. The second kappa shape index (κ2) is 9.35. The average Bonchev–Trinajstić information content (AvgIpc) is 3.44. The average molecular weight is 410 g/mol. The number of carbonyl (C=O) groups excluding carboxylic acids is 1. The molecule has 29 heavy (non-hydrogen) atoms. The molecule has 1 amide bonds. The maximum absolute atomic E-state index is 12.7. The summed E-state index contributed by atoms with van der Waals surface area (Å²) in [6.45, 7) is 1.99. The summed E-state index contributed by atoms with van der Waals surface area (Å²) in [6, 6.07) is 10.8. The second-order valence-electron chi connectivity index (χ2n) is 7.56. The van der Waals surface area contributed by atoms with Crippen molar-refractivity contribution in [2.75, 3.05) is 0 Å². The SMILES string of the molecule is CCc1noc(CCCC(=O)NC(c2ccc3c(c2)CCCC3)c2cccs2)n1. The van der Waals surface area contributed by atoms with Gasteiger partial charge in [-0.3, -0.25) is 4.79 Å². The van der Waals surface area contributed by atoms with Crippen LogP contribution in [0.25, 0.3) is 0 Å². The van der Waals surface area contributed by atoms with E-state index in [1.807, 2.05) is 13.0 Å².